The zero-order valence-corrected chi connectivity index (χ0v) is 37.7. The number of pyridine rings is 2. The van der Waals surface area contributed by atoms with Crippen molar-refractivity contribution in [1.82, 2.24) is 59.9 Å². The first kappa shape index (κ1) is 49.4. The summed E-state index contributed by atoms with van der Waals surface area (Å²) < 4.78 is 14.1. The Morgan fingerprint density at radius 1 is 0.642 bits per heavy atom. The van der Waals surface area contributed by atoms with Gasteiger partial charge in [-0.1, -0.05) is 86.3 Å². The van der Waals surface area contributed by atoms with Gasteiger partial charge < -0.3 is 35.8 Å². The largest absolute Gasteiger partial charge is 0.415 e. The van der Waals surface area contributed by atoms with Crippen molar-refractivity contribution in [3.63, 3.8) is 0 Å². The minimum absolute atomic E-state index is 0. The summed E-state index contributed by atoms with van der Waals surface area (Å²) in [5, 5.41) is 43.8. The summed E-state index contributed by atoms with van der Waals surface area (Å²) >= 11 is 11.8. The van der Waals surface area contributed by atoms with Gasteiger partial charge in [0.15, 0.2) is 11.3 Å². The second-order valence-electron chi connectivity index (χ2n) is 15.2. The quantitative estimate of drug-likeness (QED) is 0.126. The van der Waals surface area contributed by atoms with E-state index in [0.29, 0.717) is 45.4 Å². The lowest BCUT2D eigenvalue weighted by Crippen LogP contribution is -2.71. The van der Waals surface area contributed by atoms with Gasteiger partial charge in [0.25, 0.3) is 0 Å². The van der Waals surface area contributed by atoms with E-state index in [1.165, 1.54) is 35.1 Å². The van der Waals surface area contributed by atoms with E-state index < -0.39 is 48.2 Å². The predicted molar refractivity (Wildman–Crippen MR) is 239 cm³/mol. The van der Waals surface area contributed by atoms with Crippen molar-refractivity contribution >= 4 is 47.2 Å². The minimum atomic E-state index is -1.56. The lowest BCUT2D eigenvalue weighted by Gasteiger charge is -2.50. The number of nitrogens with one attached hydrogen (secondary N) is 2. The molecule has 0 saturated carbocycles. The minimum Gasteiger partial charge on any atom is -0.415 e. The first-order valence-electron chi connectivity index (χ1n) is 20.9. The molecule has 0 bridgehead atoms. The van der Waals surface area contributed by atoms with E-state index in [1.807, 2.05) is 13.8 Å². The SMILES string of the molecule is CCCC1NC(=O)CN(C(=O)OC(O)c2ccc(Cl)cc2)C1(c1ccccn1)n1cnnc1.CCCC1NC(=O)CN(C(=O)OC(O)c2ccc(Cl)cc2)C1(c1ccccn1)n1cnnc1.O. The van der Waals surface area contributed by atoms with Gasteiger partial charge in [0.2, 0.25) is 24.4 Å². The summed E-state index contributed by atoms with van der Waals surface area (Å²) in [5.74, 6) is -0.711. The molecule has 6 N–H and O–H groups in total. The fourth-order valence-corrected chi connectivity index (χ4v) is 8.53. The molecule has 6 heterocycles. The maximum absolute atomic E-state index is 13.5. The summed E-state index contributed by atoms with van der Waals surface area (Å²) in [6.07, 6.45) is 6.65. The van der Waals surface area contributed by atoms with E-state index in [1.54, 1.807) is 106 Å². The van der Waals surface area contributed by atoms with Crippen LogP contribution in [0.25, 0.3) is 0 Å². The molecule has 2 fully saturated rings. The summed E-state index contributed by atoms with van der Waals surface area (Å²) in [7, 11) is 0. The van der Waals surface area contributed by atoms with Crippen LogP contribution in [0.2, 0.25) is 10.0 Å². The average molecular weight is 960 g/mol. The molecule has 2 aliphatic rings. The molecule has 2 aromatic carbocycles. The van der Waals surface area contributed by atoms with Crippen molar-refractivity contribution in [2.24, 2.45) is 0 Å². The Labute approximate surface area is 394 Å². The Balaban J connectivity index is 0.000000218. The number of aliphatic hydroxyl groups excluding tert-OH is 2. The van der Waals surface area contributed by atoms with Crippen molar-refractivity contribution in [2.75, 3.05) is 13.1 Å². The van der Waals surface area contributed by atoms with E-state index in [4.69, 9.17) is 32.7 Å². The first-order valence-corrected chi connectivity index (χ1v) is 21.6. The number of halogens is 2. The van der Waals surface area contributed by atoms with Crippen molar-refractivity contribution in [3.05, 3.63) is 155 Å². The van der Waals surface area contributed by atoms with Gasteiger partial charge in [0, 0.05) is 33.6 Å². The number of piperazine rings is 2. The van der Waals surface area contributed by atoms with Gasteiger partial charge in [0.05, 0.1) is 23.5 Å². The van der Waals surface area contributed by atoms with Crippen LogP contribution in [0.3, 0.4) is 0 Å². The molecule has 21 nitrogen and oxygen atoms in total. The van der Waals surface area contributed by atoms with Crippen LogP contribution in [-0.4, -0.2) is 114 Å². The molecule has 4 aromatic heterocycles. The van der Waals surface area contributed by atoms with Crippen molar-refractivity contribution in [3.8, 4) is 0 Å². The van der Waals surface area contributed by atoms with Crippen molar-refractivity contribution in [1.29, 1.82) is 0 Å². The Kier molecular flexibility index (Phi) is 16.2. The first-order chi connectivity index (χ1) is 31.9. The van der Waals surface area contributed by atoms with Gasteiger partial charge >= 0.3 is 12.2 Å². The van der Waals surface area contributed by atoms with Crippen LogP contribution in [0.4, 0.5) is 9.59 Å². The van der Waals surface area contributed by atoms with Crippen LogP contribution < -0.4 is 10.6 Å². The lowest BCUT2D eigenvalue weighted by molar-refractivity contribution is -0.137. The zero-order chi connectivity index (χ0) is 46.8. The Morgan fingerprint density at radius 3 is 1.31 bits per heavy atom. The van der Waals surface area contributed by atoms with Gasteiger partial charge in [-0.15, -0.1) is 20.4 Å². The summed E-state index contributed by atoms with van der Waals surface area (Å²) in [5.41, 5.74) is -0.974. The Hall–Kier alpha value is -7.04. The molecule has 67 heavy (non-hydrogen) atoms. The van der Waals surface area contributed by atoms with Gasteiger partial charge in [-0.25, -0.2) is 9.59 Å². The fraction of sp³-hybridized carbons (Fsp3) is 0.318. The Morgan fingerprint density at radius 2 is 1.00 bits per heavy atom. The molecule has 8 rings (SSSR count). The number of nitrogens with zero attached hydrogens (tertiary/aromatic N) is 10. The standard InChI is InChI=1S/2C22H23ClN6O4.H2O/c2*1-2-5-18-22(28-13-25-26-14-28,17-6-3-4-11-24-17)29(12-19(30)27-18)21(32)33-20(31)15-7-9-16(23)10-8-15;/h2*3-4,6-11,13-14,18,20,31H,2,5,12H2,1H3,(H,27,30);1H2. The average Bonchev–Trinajstić information content (AvgIpc) is 4.07. The maximum Gasteiger partial charge on any atom is 0.415 e. The number of rotatable bonds is 12. The normalized spacial score (nSPS) is 21.0. The van der Waals surface area contributed by atoms with E-state index in [-0.39, 0.29) is 30.4 Å². The van der Waals surface area contributed by atoms with Crippen LogP contribution in [0.15, 0.2) is 123 Å². The third kappa shape index (κ3) is 10.2. The number of benzene rings is 2. The summed E-state index contributed by atoms with van der Waals surface area (Å²) in [4.78, 5) is 63.8. The Bertz CT molecular complexity index is 2370. The molecule has 2 saturated heterocycles. The van der Waals surface area contributed by atoms with Crippen LogP contribution in [0.1, 0.15) is 74.6 Å². The number of carbonyl (C=O) groups is 4. The van der Waals surface area contributed by atoms with Crippen LogP contribution in [0, 0.1) is 0 Å². The lowest BCUT2D eigenvalue weighted by atomic mass is 9.87. The number of carbonyl (C=O) groups excluding carboxylic acids is 4. The summed E-state index contributed by atoms with van der Waals surface area (Å²) in [6.45, 7) is 3.31. The maximum atomic E-state index is 13.5. The van der Waals surface area contributed by atoms with Gasteiger partial charge in [-0.2, -0.15) is 0 Å². The van der Waals surface area contributed by atoms with Gasteiger partial charge in [-0.05, 0) is 61.4 Å². The van der Waals surface area contributed by atoms with Crippen LogP contribution in [-0.2, 0) is 30.4 Å². The molecule has 352 valence electrons. The molecule has 6 unspecified atom stereocenters. The molecule has 0 aliphatic carbocycles. The monoisotopic (exact) mass is 958 g/mol. The third-order valence-corrected chi connectivity index (χ3v) is 11.6. The summed E-state index contributed by atoms with van der Waals surface area (Å²) in [6, 6.07) is 22.0. The zero-order valence-electron chi connectivity index (χ0n) is 36.2. The molecule has 2 aliphatic heterocycles. The molecule has 0 spiro atoms. The third-order valence-electron chi connectivity index (χ3n) is 11.1. The number of ether oxygens (including phenoxy) is 2. The molecule has 6 atom stereocenters. The van der Waals surface area contributed by atoms with Crippen LogP contribution >= 0.6 is 23.2 Å². The van der Waals surface area contributed by atoms with Gasteiger partial charge in [0.1, 0.15) is 38.4 Å². The molecular weight excluding hydrogens is 911 g/mol. The second-order valence-corrected chi connectivity index (χ2v) is 16.1. The fourth-order valence-electron chi connectivity index (χ4n) is 8.28. The molecule has 0 radical (unpaired) electrons. The van der Waals surface area contributed by atoms with Crippen LogP contribution in [0.5, 0.6) is 0 Å². The van der Waals surface area contributed by atoms with Gasteiger partial charge in [-0.3, -0.25) is 38.5 Å². The molecular formula is C44H48Cl2N12O9. The molecule has 23 heteroatoms. The predicted octanol–water partition coefficient (Wildman–Crippen LogP) is 4.09. The van der Waals surface area contributed by atoms with Crippen molar-refractivity contribution in [2.45, 2.75) is 75.5 Å². The van der Waals surface area contributed by atoms with E-state index in [9.17, 15) is 29.4 Å². The second kappa shape index (κ2) is 22.0. The molecule has 4 amide bonds. The van der Waals surface area contributed by atoms with Crippen molar-refractivity contribution < 1.29 is 44.3 Å². The topological polar surface area (TPSA) is 276 Å². The molecule has 6 aromatic rings. The number of amides is 4. The number of aromatic nitrogens is 8. The number of hydrogen-bond donors (Lipinski definition) is 4. The number of hydrogen-bond acceptors (Lipinski definition) is 14. The highest BCUT2D eigenvalue weighted by atomic mass is 35.5. The van der Waals surface area contributed by atoms with E-state index >= 15 is 0 Å². The van der Waals surface area contributed by atoms with E-state index in [0.717, 1.165) is 12.8 Å². The highest BCUT2D eigenvalue weighted by molar-refractivity contribution is 6.30. The highest BCUT2D eigenvalue weighted by Gasteiger charge is 2.57. The smallest absolute Gasteiger partial charge is 0.415 e. The van der Waals surface area contributed by atoms with E-state index in [2.05, 4.69) is 41.0 Å². The highest BCUT2D eigenvalue weighted by Crippen LogP contribution is 2.40. The number of aliphatic hydroxyl groups is 2.